The van der Waals surface area contributed by atoms with Crippen molar-refractivity contribution >= 4 is 28.1 Å². The third-order valence-corrected chi connectivity index (χ3v) is 5.24. The van der Waals surface area contributed by atoms with Crippen LogP contribution in [0, 0.1) is 10.7 Å². The van der Waals surface area contributed by atoms with Crippen molar-refractivity contribution in [2.75, 3.05) is 0 Å². The standard InChI is InChI=1S/C15H15BrF3N3S/c1-22-13(20-21-14(22)23)12(8-3-2-4-8)9-5-10(15(17,18)19)7-11(16)6-9/h5-8,12H,2-4H2,1H3,(H,21,23). The van der Waals surface area contributed by atoms with Gasteiger partial charge in [-0.05, 0) is 54.7 Å². The van der Waals surface area contributed by atoms with E-state index in [0.717, 1.165) is 25.3 Å². The third kappa shape index (κ3) is 3.24. The van der Waals surface area contributed by atoms with Gasteiger partial charge in [-0.3, -0.25) is 5.10 Å². The lowest BCUT2D eigenvalue weighted by molar-refractivity contribution is -0.137. The molecule has 1 unspecified atom stereocenters. The predicted molar refractivity (Wildman–Crippen MR) is 86.7 cm³/mol. The minimum atomic E-state index is -4.38. The summed E-state index contributed by atoms with van der Waals surface area (Å²) in [6.07, 6.45) is -1.31. The van der Waals surface area contributed by atoms with Crippen molar-refractivity contribution < 1.29 is 13.2 Å². The maximum Gasteiger partial charge on any atom is 0.416 e. The summed E-state index contributed by atoms with van der Waals surface area (Å²) in [4.78, 5) is 0. The Morgan fingerprint density at radius 3 is 2.52 bits per heavy atom. The zero-order valence-electron chi connectivity index (χ0n) is 12.3. The molecule has 0 bridgehead atoms. The van der Waals surface area contributed by atoms with E-state index in [9.17, 15) is 13.2 Å². The summed E-state index contributed by atoms with van der Waals surface area (Å²) in [5.41, 5.74) is -0.0310. The van der Waals surface area contributed by atoms with E-state index in [1.165, 1.54) is 6.07 Å². The molecule has 0 radical (unpaired) electrons. The quantitative estimate of drug-likeness (QED) is 0.712. The fraction of sp³-hybridized carbons (Fsp3) is 0.467. The SMILES string of the molecule is Cn1c(C(c2cc(Br)cc(C(F)(F)F)c2)C2CCC2)n[nH]c1=S. The van der Waals surface area contributed by atoms with Gasteiger partial charge in [0.15, 0.2) is 4.77 Å². The molecule has 1 saturated carbocycles. The average molecular weight is 406 g/mol. The molecule has 1 atom stereocenters. The van der Waals surface area contributed by atoms with Crippen LogP contribution in [-0.2, 0) is 13.2 Å². The molecule has 1 heterocycles. The van der Waals surface area contributed by atoms with Crippen LogP contribution in [0.2, 0.25) is 0 Å². The highest BCUT2D eigenvalue weighted by atomic mass is 79.9. The lowest BCUT2D eigenvalue weighted by Crippen LogP contribution is -2.24. The number of halogens is 4. The Labute approximate surface area is 145 Å². The summed E-state index contributed by atoms with van der Waals surface area (Å²) in [6.45, 7) is 0. The van der Waals surface area contributed by atoms with E-state index >= 15 is 0 Å². The summed E-state index contributed by atoms with van der Waals surface area (Å²) in [6, 6.07) is 4.08. The number of hydrogen-bond donors (Lipinski definition) is 1. The molecule has 1 aromatic carbocycles. The first kappa shape index (κ1) is 16.7. The molecular weight excluding hydrogens is 391 g/mol. The number of aromatic nitrogens is 3. The van der Waals surface area contributed by atoms with Crippen LogP contribution in [0.4, 0.5) is 13.2 Å². The number of H-pyrrole nitrogens is 1. The van der Waals surface area contributed by atoms with Crippen molar-refractivity contribution in [3.05, 3.63) is 44.4 Å². The Morgan fingerprint density at radius 2 is 2.04 bits per heavy atom. The minimum absolute atomic E-state index is 0.194. The van der Waals surface area contributed by atoms with Gasteiger partial charge in [0.05, 0.1) is 5.56 Å². The van der Waals surface area contributed by atoms with E-state index < -0.39 is 11.7 Å². The summed E-state index contributed by atoms with van der Waals surface area (Å²) in [5, 5.41) is 7.00. The lowest BCUT2D eigenvalue weighted by Gasteiger charge is -2.33. The summed E-state index contributed by atoms with van der Waals surface area (Å²) in [7, 11) is 1.79. The number of rotatable bonds is 3. The Hall–Kier alpha value is -1.15. The first-order valence-electron chi connectivity index (χ1n) is 7.26. The molecule has 1 aliphatic rings. The predicted octanol–water partition coefficient (Wildman–Crippen LogP) is 5.19. The van der Waals surface area contributed by atoms with E-state index in [2.05, 4.69) is 26.1 Å². The largest absolute Gasteiger partial charge is 0.416 e. The zero-order chi connectivity index (χ0) is 16.8. The molecule has 1 N–H and O–H groups in total. The van der Waals surface area contributed by atoms with Gasteiger partial charge in [0.25, 0.3) is 0 Å². The van der Waals surface area contributed by atoms with Crippen molar-refractivity contribution in [1.82, 2.24) is 14.8 Å². The van der Waals surface area contributed by atoms with Crippen LogP contribution in [0.25, 0.3) is 0 Å². The number of nitrogens with zero attached hydrogens (tertiary/aromatic N) is 2. The van der Waals surface area contributed by atoms with Crippen LogP contribution in [0.15, 0.2) is 22.7 Å². The maximum atomic E-state index is 13.1. The van der Waals surface area contributed by atoms with Gasteiger partial charge in [0.2, 0.25) is 0 Å². The molecule has 0 saturated heterocycles. The zero-order valence-corrected chi connectivity index (χ0v) is 14.7. The van der Waals surface area contributed by atoms with E-state index in [4.69, 9.17) is 12.2 Å². The molecule has 0 aliphatic heterocycles. The molecule has 23 heavy (non-hydrogen) atoms. The second-order valence-corrected chi connectivity index (χ2v) is 7.19. The molecule has 124 valence electrons. The highest BCUT2D eigenvalue weighted by Gasteiger charge is 2.36. The van der Waals surface area contributed by atoms with E-state index in [1.807, 2.05) is 0 Å². The van der Waals surface area contributed by atoms with E-state index in [0.29, 0.717) is 20.6 Å². The Balaban J connectivity index is 2.12. The first-order chi connectivity index (χ1) is 10.8. The molecule has 1 aliphatic carbocycles. The minimum Gasteiger partial charge on any atom is -0.307 e. The summed E-state index contributed by atoms with van der Waals surface area (Å²) in [5.74, 6) is 0.778. The molecule has 3 rings (SSSR count). The van der Waals surface area contributed by atoms with Gasteiger partial charge in [-0.15, -0.1) is 0 Å². The molecule has 0 spiro atoms. The van der Waals surface area contributed by atoms with Gasteiger partial charge in [0, 0.05) is 17.4 Å². The van der Waals surface area contributed by atoms with Crippen LogP contribution in [0.5, 0.6) is 0 Å². The maximum absolute atomic E-state index is 13.1. The molecule has 0 amide bonds. The number of benzene rings is 1. The lowest BCUT2D eigenvalue weighted by atomic mass is 9.72. The first-order valence-corrected chi connectivity index (χ1v) is 8.46. The van der Waals surface area contributed by atoms with Gasteiger partial charge < -0.3 is 4.57 Å². The van der Waals surface area contributed by atoms with Crippen LogP contribution in [0.1, 0.15) is 42.1 Å². The number of hydrogen-bond acceptors (Lipinski definition) is 2. The number of nitrogens with one attached hydrogen (secondary N) is 1. The Bertz CT molecular complexity index is 777. The summed E-state index contributed by atoms with van der Waals surface area (Å²) < 4.78 is 42.0. The third-order valence-electron chi connectivity index (χ3n) is 4.42. The molecule has 3 nitrogen and oxygen atoms in total. The van der Waals surface area contributed by atoms with Crippen LogP contribution >= 0.6 is 28.1 Å². The van der Waals surface area contributed by atoms with Crippen LogP contribution in [-0.4, -0.2) is 14.8 Å². The van der Waals surface area contributed by atoms with E-state index in [-0.39, 0.29) is 11.8 Å². The summed E-state index contributed by atoms with van der Waals surface area (Å²) >= 11 is 8.35. The monoisotopic (exact) mass is 405 g/mol. The van der Waals surface area contributed by atoms with Crippen molar-refractivity contribution in [2.45, 2.75) is 31.4 Å². The fourth-order valence-electron chi connectivity index (χ4n) is 3.00. The van der Waals surface area contributed by atoms with Crippen LogP contribution < -0.4 is 0 Å². The van der Waals surface area contributed by atoms with Crippen molar-refractivity contribution in [3.63, 3.8) is 0 Å². The van der Waals surface area contributed by atoms with E-state index in [1.54, 1.807) is 17.7 Å². The normalized spacial score (nSPS) is 17.1. The fourth-order valence-corrected chi connectivity index (χ4v) is 3.65. The second-order valence-electron chi connectivity index (χ2n) is 5.89. The van der Waals surface area contributed by atoms with Gasteiger partial charge >= 0.3 is 6.18 Å². The van der Waals surface area contributed by atoms with Crippen molar-refractivity contribution in [3.8, 4) is 0 Å². The average Bonchev–Trinajstić information content (AvgIpc) is 2.72. The Morgan fingerprint density at radius 1 is 1.35 bits per heavy atom. The second kappa shape index (κ2) is 6.05. The molecule has 1 fully saturated rings. The smallest absolute Gasteiger partial charge is 0.307 e. The van der Waals surface area contributed by atoms with Gasteiger partial charge in [-0.25, -0.2) is 0 Å². The molecule has 8 heteroatoms. The molecular formula is C15H15BrF3N3S. The van der Waals surface area contributed by atoms with Gasteiger partial charge in [-0.2, -0.15) is 18.3 Å². The molecule has 1 aromatic heterocycles. The number of alkyl halides is 3. The topological polar surface area (TPSA) is 33.6 Å². The van der Waals surface area contributed by atoms with Crippen molar-refractivity contribution in [2.24, 2.45) is 13.0 Å². The molecule has 2 aromatic rings. The van der Waals surface area contributed by atoms with Gasteiger partial charge in [-0.1, -0.05) is 22.4 Å². The Kier molecular flexibility index (Phi) is 4.39. The van der Waals surface area contributed by atoms with Crippen molar-refractivity contribution in [1.29, 1.82) is 0 Å². The highest BCUT2D eigenvalue weighted by Crippen LogP contribution is 2.44. The van der Waals surface area contributed by atoms with Gasteiger partial charge in [0.1, 0.15) is 5.82 Å². The van der Waals surface area contributed by atoms with Crippen LogP contribution in [0.3, 0.4) is 0 Å². The highest BCUT2D eigenvalue weighted by molar-refractivity contribution is 9.10. The number of aromatic amines is 1.